The molecule has 0 saturated heterocycles. The number of rotatable bonds is 3. The van der Waals surface area contributed by atoms with Crippen LogP contribution in [0.5, 0.6) is 5.75 Å². The topological polar surface area (TPSA) is 51.2 Å². The van der Waals surface area contributed by atoms with Crippen LogP contribution in [0, 0.1) is 12.7 Å². The molecular weight excluding hydrogens is 355 g/mol. The van der Waals surface area contributed by atoms with Crippen LogP contribution >= 0.6 is 0 Å². The lowest BCUT2D eigenvalue weighted by molar-refractivity contribution is 0.102. The Morgan fingerprint density at radius 2 is 1.96 bits per heavy atom. The Morgan fingerprint density at radius 3 is 2.68 bits per heavy atom. The number of fused-ring (bicyclic) bond motifs is 1. The van der Waals surface area contributed by atoms with Crippen LogP contribution in [0.2, 0.25) is 0 Å². The smallest absolute Gasteiger partial charge is 0.259 e. The first-order valence-corrected chi connectivity index (χ1v) is 9.15. The molecule has 0 fully saturated rings. The van der Waals surface area contributed by atoms with Gasteiger partial charge in [-0.1, -0.05) is 26.0 Å². The van der Waals surface area contributed by atoms with Crippen molar-refractivity contribution in [2.24, 2.45) is 0 Å². The van der Waals surface area contributed by atoms with E-state index in [0.29, 0.717) is 12.4 Å². The first-order valence-electron chi connectivity index (χ1n) is 9.15. The van der Waals surface area contributed by atoms with Gasteiger partial charge in [-0.15, -0.1) is 0 Å². The lowest BCUT2D eigenvalue weighted by Crippen LogP contribution is -2.18. The van der Waals surface area contributed by atoms with Gasteiger partial charge in [-0.25, -0.2) is 9.37 Å². The molecule has 2 aromatic carbocycles. The number of benzene rings is 2. The maximum Gasteiger partial charge on any atom is 0.259 e. The van der Waals surface area contributed by atoms with Crippen molar-refractivity contribution in [2.75, 3.05) is 11.9 Å². The minimum absolute atomic E-state index is 0.00919. The van der Waals surface area contributed by atoms with Crippen molar-refractivity contribution < 1.29 is 13.9 Å². The zero-order valence-corrected chi connectivity index (χ0v) is 16.0. The van der Waals surface area contributed by atoms with Crippen molar-refractivity contribution in [1.82, 2.24) is 4.98 Å². The average Bonchev–Trinajstić information content (AvgIpc) is 2.96. The van der Waals surface area contributed by atoms with Gasteiger partial charge < -0.3 is 10.1 Å². The van der Waals surface area contributed by atoms with E-state index in [2.05, 4.69) is 36.3 Å². The molecule has 1 aliphatic heterocycles. The molecule has 0 aliphatic carbocycles. The summed E-state index contributed by atoms with van der Waals surface area (Å²) in [6.07, 6.45) is 1.72. The molecule has 0 radical (unpaired) electrons. The van der Waals surface area contributed by atoms with E-state index in [1.165, 1.54) is 17.7 Å². The molecule has 1 aliphatic rings. The van der Waals surface area contributed by atoms with E-state index in [4.69, 9.17) is 4.74 Å². The zero-order valence-electron chi connectivity index (χ0n) is 16.0. The summed E-state index contributed by atoms with van der Waals surface area (Å²) in [6.45, 7) is 7.04. The fourth-order valence-corrected chi connectivity index (χ4v) is 3.43. The molecule has 28 heavy (non-hydrogen) atoms. The summed E-state index contributed by atoms with van der Waals surface area (Å²) in [5.74, 6) is 0.230. The van der Waals surface area contributed by atoms with Crippen molar-refractivity contribution in [2.45, 2.75) is 26.2 Å². The highest BCUT2D eigenvalue weighted by Crippen LogP contribution is 2.42. The number of nitrogens with zero attached hydrogens (tertiary/aromatic N) is 1. The number of ether oxygens (including phenoxy) is 1. The maximum atomic E-state index is 13.8. The van der Waals surface area contributed by atoms with Crippen molar-refractivity contribution in [3.8, 4) is 16.9 Å². The quantitative estimate of drug-likeness (QED) is 0.690. The Bertz CT molecular complexity index is 1060. The van der Waals surface area contributed by atoms with E-state index in [9.17, 15) is 9.18 Å². The third kappa shape index (κ3) is 3.24. The van der Waals surface area contributed by atoms with Gasteiger partial charge in [-0.2, -0.15) is 0 Å². The Morgan fingerprint density at radius 1 is 1.18 bits per heavy atom. The summed E-state index contributed by atoms with van der Waals surface area (Å²) in [5, 5.41) is 2.64. The van der Waals surface area contributed by atoms with Gasteiger partial charge in [0, 0.05) is 22.7 Å². The summed E-state index contributed by atoms with van der Waals surface area (Å²) in [5.41, 5.74) is 4.28. The Hall–Kier alpha value is -3.21. The monoisotopic (exact) mass is 376 g/mol. The highest BCUT2D eigenvalue weighted by atomic mass is 19.1. The molecule has 0 atom stereocenters. The predicted molar refractivity (Wildman–Crippen MR) is 107 cm³/mol. The van der Waals surface area contributed by atoms with Gasteiger partial charge in [0.2, 0.25) is 0 Å². The molecule has 1 N–H and O–H groups in total. The van der Waals surface area contributed by atoms with Gasteiger partial charge in [-0.3, -0.25) is 4.79 Å². The molecule has 1 aromatic heterocycles. The fourth-order valence-electron chi connectivity index (χ4n) is 3.43. The SMILES string of the molecule is Cc1cc2c(cc1-c1ccc(NC(=O)c3ccccc3F)nc1)C(C)(C)CO2. The highest BCUT2D eigenvalue weighted by Gasteiger charge is 2.32. The van der Waals surface area contributed by atoms with Gasteiger partial charge in [0.05, 0.1) is 12.2 Å². The lowest BCUT2D eigenvalue weighted by Gasteiger charge is -2.17. The van der Waals surface area contributed by atoms with Crippen LogP contribution in [-0.4, -0.2) is 17.5 Å². The largest absolute Gasteiger partial charge is 0.492 e. The van der Waals surface area contributed by atoms with Crippen molar-refractivity contribution in [3.05, 3.63) is 77.2 Å². The number of pyridine rings is 1. The number of carbonyl (C=O) groups excluding carboxylic acids is 1. The minimum atomic E-state index is -0.560. The van der Waals surface area contributed by atoms with Crippen molar-refractivity contribution >= 4 is 11.7 Å². The molecule has 2 heterocycles. The third-order valence-electron chi connectivity index (χ3n) is 5.08. The first kappa shape index (κ1) is 18.2. The highest BCUT2D eigenvalue weighted by molar-refractivity contribution is 6.04. The van der Waals surface area contributed by atoms with Gasteiger partial charge in [0.1, 0.15) is 17.4 Å². The standard InChI is InChI=1S/C23H21FN2O2/c1-14-10-20-18(23(2,3)13-28-20)11-17(14)15-8-9-21(25-12-15)26-22(27)16-6-4-5-7-19(16)24/h4-12H,13H2,1-3H3,(H,25,26,27). The molecular formula is C23H21FN2O2. The molecule has 4 rings (SSSR count). The summed E-state index contributed by atoms with van der Waals surface area (Å²) in [7, 11) is 0. The Kier molecular flexibility index (Phi) is 4.38. The number of aryl methyl sites for hydroxylation is 1. The van der Waals surface area contributed by atoms with Gasteiger partial charge in [0.15, 0.2) is 0 Å². The normalized spacial score (nSPS) is 14.3. The number of anilines is 1. The molecule has 4 nitrogen and oxygen atoms in total. The zero-order chi connectivity index (χ0) is 19.9. The summed E-state index contributed by atoms with van der Waals surface area (Å²) in [6, 6.07) is 13.7. The van der Waals surface area contributed by atoms with Crippen LogP contribution in [-0.2, 0) is 5.41 Å². The predicted octanol–water partition coefficient (Wildman–Crippen LogP) is 5.12. The number of hydrogen-bond acceptors (Lipinski definition) is 3. The van der Waals surface area contributed by atoms with Gasteiger partial charge >= 0.3 is 0 Å². The molecule has 0 saturated carbocycles. The Labute approximate surface area is 163 Å². The van der Waals surface area contributed by atoms with Crippen LogP contribution < -0.4 is 10.1 Å². The summed E-state index contributed by atoms with van der Waals surface area (Å²) >= 11 is 0. The number of halogens is 1. The van der Waals surface area contributed by atoms with E-state index < -0.39 is 11.7 Å². The fraction of sp³-hybridized carbons (Fsp3) is 0.217. The number of amides is 1. The van der Waals surface area contributed by atoms with E-state index in [-0.39, 0.29) is 11.0 Å². The molecule has 1 amide bonds. The van der Waals surface area contributed by atoms with Gasteiger partial charge in [-0.05, 0) is 54.4 Å². The molecule has 0 unspecified atom stereocenters. The van der Waals surface area contributed by atoms with Gasteiger partial charge in [0.25, 0.3) is 5.91 Å². The van der Waals surface area contributed by atoms with E-state index in [1.807, 2.05) is 13.0 Å². The van der Waals surface area contributed by atoms with E-state index >= 15 is 0 Å². The van der Waals surface area contributed by atoms with Crippen LogP contribution in [0.15, 0.2) is 54.7 Å². The van der Waals surface area contributed by atoms with E-state index in [1.54, 1.807) is 24.4 Å². The summed E-state index contributed by atoms with van der Waals surface area (Å²) in [4.78, 5) is 16.6. The number of carbonyl (C=O) groups is 1. The van der Waals surface area contributed by atoms with Crippen LogP contribution in [0.4, 0.5) is 10.2 Å². The second kappa shape index (κ2) is 6.75. The molecule has 142 valence electrons. The Balaban J connectivity index is 1.59. The number of nitrogens with one attached hydrogen (secondary N) is 1. The molecule has 0 spiro atoms. The third-order valence-corrected chi connectivity index (χ3v) is 5.08. The maximum absolute atomic E-state index is 13.8. The van der Waals surface area contributed by atoms with Crippen molar-refractivity contribution in [3.63, 3.8) is 0 Å². The minimum Gasteiger partial charge on any atom is -0.492 e. The second-order valence-electron chi connectivity index (χ2n) is 7.70. The van der Waals surface area contributed by atoms with Crippen LogP contribution in [0.1, 0.15) is 35.3 Å². The number of aromatic nitrogens is 1. The first-order chi connectivity index (χ1) is 13.3. The number of hydrogen-bond donors (Lipinski definition) is 1. The van der Waals surface area contributed by atoms with Crippen LogP contribution in [0.3, 0.4) is 0 Å². The van der Waals surface area contributed by atoms with E-state index in [0.717, 1.165) is 22.4 Å². The molecule has 5 heteroatoms. The summed E-state index contributed by atoms with van der Waals surface area (Å²) < 4.78 is 19.6. The lowest BCUT2D eigenvalue weighted by atomic mass is 9.84. The molecule has 0 bridgehead atoms. The van der Waals surface area contributed by atoms with Crippen molar-refractivity contribution in [1.29, 1.82) is 0 Å². The molecule has 3 aromatic rings. The van der Waals surface area contributed by atoms with Crippen LogP contribution in [0.25, 0.3) is 11.1 Å². The average molecular weight is 376 g/mol. The second-order valence-corrected chi connectivity index (χ2v) is 7.70.